The first-order valence-electron chi connectivity index (χ1n) is 8.08. The lowest BCUT2D eigenvalue weighted by atomic mass is 10.1. The molecular weight excluding hydrogens is 384 g/mol. The zero-order chi connectivity index (χ0) is 18.1. The maximum absolute atomic E-state index is 12.5. The molecule has 2 aromatic carbocycles. The Hall–Kier alpha value is -2.21. The summed E-state index contributed by atoms with van der Waals surface area (Å²) in [5, 5.41) is 7.51. The molecule has 0 aliphatic carbocycles. The molecule has 0 aliphatic rings. The quantitative estimate of drug-likeness (QED) is 0.463. The number of fused-ring (bicyclic) bond motifs is 1. The second kappa shape index (κ2) is 7.19. The molecule has 4 rings (SSSR count). The lowest BCUT2D eigenvalue weighted by Crippen LogP contribution is -2.22. The first kappa shape index (κ1) is 17.2. The van der Waals surface area contributed by atoms with Crippen LogP contribution in [-0.4, -0.2) is 10.9 Å². The van der Waals surface area contributed by atoms with E-state index < -0.39 is 0 Å². The molecule has 4 aromatic rings. The van der Waals surface area contributed by atoms with E-state index in [2.05, 4.69) is 15.7 Å². The summed E-state index contributed by atoms with van der Waals surface area (Å²) in [6.07, 6.45) is 0. The number of halogens is 1. The lowest BCUT2D eigenvalue weighted by Gasteiger charge is -2.05. The van der Waals surface area contributed by atoms with Gasteiger partial charge >= 0.3 is 0 Å². The van der Waals surface area contributed by atoms with E-state index in [1.807, 2.05) is 55.5 Å². The van der Waals surface area contributed by atoms with Crippen LogP contribution in [0.5, 0.6) is 0 Å². The number of nitrogens with one attached hydrogen (secondary N) is 1. The van der Waals surface area contributed by atoms with Gasteiger partial charge in [-0.05, 0) is 18.6 Å². The zero-order valence-electron chi connectivity index (χ0n) is 14.0. The fourth-order valence-corrected chi connectivity index (χ4v) is 4.77. The SMILES string of the molecule is Cc1nc(-c2ccc(CNC(=O)c3sc4ccccc4c3Cl)cc2)cs1. The normalized spacial score (nSPS) is 11.0. The van der Waals surface area contributed by atoms with Crippen LogP contribution in [0, 0.1) is 6.92 Å². The third-order valence-corrected chi connectivity index (χ3v) is 6.51. The monoisotopic (exact) mass is 398 g/mol. The molecule has 2 heterocycles. The van der Waals surface area contributed by atoms with E-state index in [4.69, 9.17) is 11.6 Å². The third kappa shape index (κ3) is 3.38. The Kier molecular flexibility index (Phi) is 4.76. The van der Waals surface area contributed by atoms with Crippen molar-refractivity contribution in [3.63, 3.8) is 0 Å². The Labute approximate surface area is 164 Å². The summed E-state index contributed by atoms with van der Waals surface area (Å²) < 4.78 is 1.02. The maximum Gasteiger partial charge on any atom is 0.263 e. The van der Waals surface area contributed by atoms with Gasteiger partial charge in [-0.1, -0.05) is 54.1 Å². The number of nitrogens with zero attached hydrogens (tertiary/aromatic N) is 1. The summed E-state index contributed by atoms with van der Waals surface area (Å²) >= 11 is 9.42. The predicted octanol–water partition coefficient (Wildman–Crippen LogP) is 5.92. The molecule has 2 aromatic heterocycles. The first-order chi connectivity index (χ1) is 12.6. The number of aromatic nitrogens is 1. The number of amides is 1. The maximum atomic E-state index is 12.5. The van der Waals surface area contributed by atoms with Crippen LogP contribution in [-0.2, 0) is 6.54 Å². The molecule has 3 nitrogen and oxygen atoms in total. The molecule has 6 heteroatoms. The molecule has 0 spiro atoms. The van der Waals surface area contributed by atoms with Gasteiger partial charge < -0.3 is 5.32 Å². The van der Waals surface area contributed by atoms with Gasteiger partial charge in [0.1, 0.15) is 4.88 Å². The topological polar surface area (TPSA) is 42.0 Å². The average Bonchev–Trinajstić information content (AvgIpc) is 3.24. The van der Waals surface area contributed by atoms with Crippen LogP contribution in [0.2, 0.25) is 5.02 Å². The summed E-state index contributed by atoms with van der Waals surface area (Å²) in [6, 6.07) is 15.9. The average molecular weight is 399 g/mol. The molecule has 0 bridgehead atoms. The minimum Gasteiger partial charge on any atom is -0.347 e. The largest absolute Gasteiger partial charge is 0.347 e. The van der Waals surface area contributed by atoms with E-state index in [0.29, 0.717) is 16.4 Å². The smallest absolute Gasteiger partial charge is 0.263 e. The Morgan fingerprint density at radius 2 is 1.92 bits per heavy atom. The molecule has 0 fully saturated rings. The Morgan fingerprint density at radius 1 is 1.15 bits per heavy atom. The predicted molar refractivity (Wildman–Crippen MR) is 110 cm³/mol. The summed E-state index contributed by atoms with van der Waals surface area (Å²) in [5.41, 5.74) is 3.10. The second-order valence-electron chi connectivity index (χ2n) is 5.87. The number of carbonyl (C=O) groups is 1. The highest BCUT2D eigenvalue weighted by Crippen LogP contribution is 2.35. The zero-order valence-corrected chi connectivity index (χ0v) is 16.3. The fourth-order valence-electron chi connectivity index (χ4n) is 2.71. The van der Waals surface area contributed by atoms with Gasteiger partial charge in [0.2, 0.25) is 0 Å². The molecule has 0 saturated carbocycles. The molecule has 1 amide bonds. The van der Waals surface area contributed by atoms with Crippen LogP contribution < -0.4 is 5.32 Å². The molecule has 0 aliphatic heterocycles. The number of rotatable bonds is 4. The second-order valence-corrected chi connectivity index (χ2v) is 8.37. The number of thiophene rings is 1. The van der Waals surface area contributed by atoms with E-state index in [9.17, 15) is 4.79 Å². The van der Waals surface area contributed by atoms with Crippen molar-refractivity contribution in [3.05, 3.63) is 74.4 Å². The van der Waals surface area contributed by atoms with Crippen molar-refractivity contribution in [2.75, 3.05) is 0 Å². The number of hydrogen-bond donors (Lipinski definition) is 1. The number of hydrogen-bond acceptors (Lipinski definition) is 4. The van der Waals surface area contributed by atoms with Gasteiger partial charge in [-0.2, -0.15) is 0 Å². The Balaban J connectivity index is 1.46. The summed E-state index contributed by atoms with van der Waals surface area (Å²) in [4.78, 5) is 17.6. The number of carbonyl (C=O) groups excluding carboxylic acids is 1. The molecule has 1 N–H and O–H groups in total. The lowest BCUT2D eigenvalue weighted by molar-refractivity contribution is 0.0955. The fraction of sp³-hybridized carbons (Fsp3) is 0.100. The summed E-state index contributed by atoms with van der Waals surface area (Å²) in [5.74, 6) is -0.143. The Morgan fingerprint density at radius 3 is 2.62 bits per heavy atom. The highest BCUT2D eigenvalue weighted by molar-refractivity contribution is 7.21. The van der Waals surface area contributed by atoms with Crippen LogP contribution in [0.4, 0.5) is 0 Å². The van der Waals surface area contributed by atoms with Crippen molar-refractivity contribution in [1.82, 2.24) is 10.3 Å². The molecule has 0 saturated heterocycles. The van der Waals surface area contributed by atoms with Crippen LogP contribution in [0.25, 0.3) is 21.3 Å². The first-order valence-corrected chi connectivity index (χ1v) is 10.2. The number of aryl methyl sites for hydroxylation is 1. The van der Waals surface area contributed by atoms with E-state index in [1.165, 1.54) is 11.3 Å². The van der Waals surface area contributed by atoms with Gasteiger partial charge in [0.15, 0.2) is 0 Å². The van der Waals surface area contributed by atoms with Gasteiger partial charge in [-0.3, -0.25) is 4.79 Å². The minimum absolute atomic E-state index is 0.143. The molecule has 0 unspecified atom stereocenters. The minimum atomic E-state index is -0.143. The van der Waals surface area contributed by atoms with E-state index in [0.717, 1.165) is 31.9 Å². The summed E-state index contributed by atoms with van der Waals surface area (Å²) in [7, 11) is 0. The molecule has 26 heavy (non-hydrogen) atoms. The van der Waals surface area contributed by atoms with Crippen molar-refractivity contribution in [2.45, 2.75) is 13.5 Å². The van der Waals surface area contributed by atoms with Crippen molar-refractivity contribution in [2.24, 2.45) is 0 Å². The standard InChI is InChI=1S/C20H15ClN2OS2/c1-12-23-16(11-25-12)14-8-6-13(7-9-14)10-22-20(24)19-18(21)15-4-2-3-5-17(15)26-19/h2-9,11H,10H2,1H3,(H,22,24). The van der Waals surface area contributed by atoms with Crippen LogP contribution in [0.3, 0.4) is 0 Å². The van der Waals surface area contributed by atoms with Crippen molar-refractivity contribution >= 4 is 50.3 Å². The van der Waals surface area contributed by atoms with Gasteiger partial charge in [0, 0.05) is 27.6 Å². The molecule has 0 radical (unpaired) electrons. The van der Waals surface area contributed by atoms with Gasteiger partial charge in [0.05, 0.1) is 15.7 Å². The van der Waals surface area contributed by atoms with Crippen molar-refractivity contribution in [1.29, 1.82) is 0 Å². The van der Waals surface area contributed by atoms with Gasteiger partial charge in [-0.25, -0.2) is 4.98 Å². The van der Waals surface area contributed by atoms with Crippen molar-refractivity contribution in [3.8, 4) is 11.3 Å². The van der Waals surface area contributed by atoms with Crippen LogP contribution in [0.1, 0.15) is 20.2 Å². The number of thiazole rings is 1. The molecule has 130 valence electrons. The molecular formula is C20H15ClN2OS2. The third-order valence-electron chi connectivity index (χ3n) is 4.06. The van der Waals surface area contributed by atoms with E-state index in [-0.39, 0.29) is 5.91 Å². The highest BCUT2D eigenvalue weighted by Gasteiger charge is 2.16. The van der Waals surface area contributed by atoms with Gasteiger partial charge in [-0.15, -0.1) is 22.7 Å². The van der Waals surface area contributed by atoms with Crippen molar-refractivity contribution < 1.29 is 4.79 Å². The Bertz CT molecular complexity index is 1080. The number of benzene rings is 2. The van der Waals surface area contributed by atoms with Gasteiger partial charge in [0.25, 0.3) is 5.91 Å². The highest BCUT2D eigenvalue weighted by atomic mass is 35.5. The summed E-state index contributed by atoms with van der Waals surface area (Å²) in [6.45, 7) is 2.46. The van der Waals surface area contributed by atoms with E-state index in [1.54, 1.807) is 11.3 Å². The van der Waals surface area contributed by atoms with Crippen LogP contribution in [0.15, 0.2) is 53.9 Å². The molecule has 0 atom stereocenters. The van der Waals surface area contributed by atoms with Crippen LogP contribution >= 0.6 is 34.3 Å². The van der Waals surface area contributed by atoms with E-state index >= 15 is 0 Å².